The Bertz CT molecular complexity index is 1740. The first-order valence-electron chi connectivity index (χ1n) is 17.3. The fraction of sp³-hybridized carbons (Fsp3) is 0.486. The van der Waals surface area contributed by atoms with Gasteiger partial charge < -0.3 is 30.9 Å². The predicted molar refractivity (Wildman–Crippen MR) is 185 cm³/mol. The smallest absolute Gasteiger partial charge is 0.451 e. The number of piperidine rings is 1. The van der Waals surface area contributed by atoms with Crippen LogP contribution in [0.5, 0.6) is 0 Å². The minimum absolute atomic E-state index is 0.0763. The molecule has 0 saturated carbocycles. The van der Waals surface area contributed by atoms with E-state index in [0.717, 1.165) is 31.2 Å². The number of benzene rings is 1. The molecule has 0 unspecified atom stereocenters. The molecule has 0 bridgehead atoms. The molecule has 2 saturated heterocycles. The monoisotopic (exact) mass is 722 g/mol. The van der Waals surface area contributed by atoms with Gasteiger partial charge in [-0.25, -0.2) is 24.7 Å². The molecule has 5 rings (SSSR count). The molecule has 0 aliphatic carbocycles. The molecule has 276 valence electrons. The van der Waals surface area contributed by atoms with Crippen LogP contribution in [0.25, 0.3) is 0 Å². The van der Waals surface area contributed by atoms with Crippen LogP contribution >= 0.6 is 0 Å². The zero-order chi connectivity index (χ0) is 37.1. The number of aromatic nitrogens is 4. The van der Waals surface area contributed by atoms with Gasteiger partial charge in [-0.2, -0.15) is 18.4 Å². The Morgan fingerprint density at radius 2 is 1.69 bits per heavy atom. The minimum Gasteiger partial charge on any atom is -0.477 e. The molecule has 2 aliphatic heterocycles. The summed E-state index contributed by atoms with van der Waals surface area (Å²) in [6, 6.07) is 11.3. The summed E-state index contributed by atoms with van der Waals surface area (Å²) in [7, 11) is 0. The highest BCUT2D eigenvalue weighted by Gasteiger charge is 2.39. The summed E-state index contributed by atoms with van der Waals surface area (Å²) in [6.07, 6.45) is 1.32. The number of nitrogens with zero attached hydrogens (tertiary/aromatic N) is 7. The Balaban J connectivity index is 1.08. The Morgan fingerprint density at radius 1 is 0.942 bits per heavy atom. The first-order chi connectivity index (χ1) is 25.0. The summed E-state index contributed by atoms with van der Waals surface area (Å²) in [4.78, 5) is 55.4. The average molecular weight is 723 g/mol. The lowest BCUT2D eigenvalue weighted by Gasteiger charge is -2.34. The fourth-order valence-corrected chi connectivity index (χ4v) is 6.42. The molecule has 2 aromatic heterocycles. The van der Waals surface area contributed by atoms with E-state index in [2.05, 4.69) is 42.0 Å². The highest BCUT2D eigenvalue weighted by Crippen LogP contribution is 2.34. The number of nitriles is 1. The van der Waals surface area contributed by atoms with Crippen molar-refractivity contribution in [3.8, 4) is 6.07 Å². The molecule has 17 heteroatoms. The van der Waals surface area contributed by atoms with Crippen LogP contribution in [0.1, 0.15) is 72.4 Å². The molecule has 1 aromatic carbocycles. The molecule has 2 fully saturated rings. The van der Waals surface area contributed by atoms with Gasteiger partial charge in [0.25, 0.3) is 0 Å². The SMILES string of the molecule is N#Cc1ccc(CCNC(=O)[C@@H]2CCCN2c2cc(N3CCC(CCCC(=O)NCCNc4cc(C(=O)O)ncn4)CC3)nc(C(F)(F)F)n2)cc1. The molecular formula is C35H41F3N10O4. The number of carboxylic acid groups (broad SMARTS) is 1. The highest BCUT2D eigenvalue weighted by molar-refractivity contribution is 5.86. The van der Waals surface area contributed by atoms with Crippen molar-refractivity contribution < 1.29 is 32.7 Å². The Hall–Kier alpha value is -5.53. The van der Waals surface area contributed by atoms with Crippen LogP contribution in [0.4, 0.5) is 30.6 Å². The van der Waals surface area contributed by atoms with E-state index in [-0.39, 0.29) is 29.1 Å². The van der Waals surface area contributed by atoms with Crippen LogP contribution in [-0.4, -0.2) is 88.1 Å². The fourth-order valence-electron chi connectivity index (χ4n) is 6.42. The van der Waals surface area contributed by atoms with Crippen LogP contribution in [0, 0.1) is 17.2 Å². The third kappa shape index (κ3) is 10.5. The van der Waals surface area contributed by atoms with Crippen LogP contribution in [0.3, 0.4) is 0 Å². The Morgan fingerprint density at radius 3 is 2.40 bits per heavy atom. The summed E-state index contributed by atoms with van der Waals surface area (Å²) in [5.41, 5.74) is 1.36. The number of nitrogens with one attached hydrogen (secondary N) is 3. The van der Waals surface area contributed by atoms with E-state index < -0.39 is 24.0 Å². The minimum atomic E-state index is -4.77. The quantitative estimate of drug-likeness (QED) is 0.166. The van der Waals surface area contributed by atoms with Gasteiger partial charge in [-0.3, -0.25) is 9.59 Å². The third-order valence-electron chi connectivity index (χ3n) is 9.19. The number of carbonyl (C=O) groups is 3. The number of anilines is 3. The number of alkyl halides is 3. The van der Waals surface area contributed by atoms with Crippen LogP contribution in [-0.2, 0) is 22.2 Å². The third-order valence-corrected chi connectivity index (χ3v) is 9.19. The van der Waals surface area contributed by atoms with Gasteiger partial charge in [0, 0.05) is 57.8 Å². The van der Waals surface area contributed by atoms with E-state index in [9.17, 15) is 27.6 Å². The van der Waals surface area contributed by atoms with E-state index in [1.54, 1.807) is 23.1 Å². The lowest BCUT2D eigenvalue weighted by molar-refractivity contribution is -0.144. The lowest BCUT2D eigenvalue weighted by Crippen LogP contribution is -2.44. The maximum atomic E-state index is 14.0. The maximum Gasteiger partial charge on any atom is 0.451 e. The average Bonchev–Trinajstić information content (AvgIpc) is 3.64. The van der Waals surface area contributed by atoms with E-state index in [1.807, 2.05) is 17.0 Å². The molecule has 0 spiro atoms. The largest absolute Gasteiger partial charge is 0.477 e. The number of rotatable bonds is 15. The Kier molecular flexibility index (Phi) is 12.8. The number of aromatic carboxylic acids is 1. The van der Waals surface area contributed by atoms with Crippen LogP contribution in [0.2, 0.25) is 0 Å². The van der Waals surface area contributed by atoms with Crippen molar-refractivity contribution in [3.05, 3.63) is 65.4 Å². The van der Waals surface area contributed by atoms with Gasteiger partial charge in [-0.1, -0.05) is 12.1 Å². The second-order valence-corrected chi connectivity index (χ2v) is 12.8. The second kappa shape index (κ2) is 17.6. The van der Waals surface area contributed by atoms with Gasteiger partial charge in [-0.15, -0.1) is 0 Å². The summed E-state index contributed by atoms with van der Waals surface area (Å²) in [5, 5.41) is 26.7. The van der Waals surface area contributed by atoms with E-state index >= 15 is 0 Å². The molecule has 3 aromatic rings. The molecule has 2 amide bonds. The molecule has 2 aliphatic rings. The predicted octanol–water partition coefficient (Wildman–Crippen LogP) is 3.80. The van der Waals surface area contributed by atoms with Gasteiger partial charge in [0.1, 0.15) is 29.8 Å². The van der Waals surface area contributed by atoms with Crippen LogP contribution in [0.15, 0.2) is 42.7 Å². The summed E-state index contributed by atoms with van der Waals surface area (Å²) in [5.74, 6) is -1.87. The molecule has 4 N–H and O–H groups in total. The van der Waals surface area contributed by atoms with Gasteiger partial charge in [0.15, 0.2) is 5.69 Å². The van der Waals surface area contributed by atoms with Crippen molar-refractivity contribution in [2.75, 3.05) is 54.4 Å². The lowest BCUT2D eigenvalue weighted by atomic mass is 9.91. The van der Waals surface area contributed by atoms with Crippen molar-refractivity contribution >= 4 is 35.2 Å². The molecule has 14 nitrogen and oxygen atoms in total. The first-order valence-corrected chi connectivity index (χ1v) is 17.3. The van der Waals surface area contributed by atoms with Crippen molar-refractivity contribution in [1.29, 1.82) is 5.26 Å². The summed E-state index contributed by atoms with van der Waals surface area (Å²) in [6.45, 7) is 2.42. The number of hydrogen-bond acceptors (Lipinski definition) is 11. The van der Waals surface area contributed by atoms with Gasteiger partial charge in [-0.05, 0) is 68.6 Å². The normalized spacial score (nSPS) is 16.3. The van der Waals surface area contributed by atoms with Gasteiger partial charge in [0.2, 0.25) is 17.6 Å². The number of carbonyl (C=O) groups excluding carboxylic acids is 2. The maximum absolute atomic E-state index is 14.0. The Labute approximate surface area is 298 Å². The second-order valence-electron chi connectivity index (χ2n) is 12.8. The zero-order valence-electron chi connectivity index (χ0n) is 28.5. The molecule has 4 heterocycles. The van der Waals surface area contributed by atoms with Gasteiger partial charge >= 0.3 is 12.1 Å². The van der Waals surface area contributed by atoms with Crippen molar-refractivity contribution in [2.45, 2.75) is 63.6 Å². The van der Waals surface area contributed by atoms with Crippen molar-refractivity contribution in [1.82, 2.24) is 30.6 Å². The number of carboxylic acids is 1. The zero-order valence-corrected chi connectivity index (χ0v) is 28.5. The standard InChI is InChI=1S/C35H41F3N10O4/c36-35(37,38)34-45-29(20-30(46-34)48-16-2-4-27(48)32(50)42-13-10-24-6-8-25(21-39)9-7-24)47-17-11-23(12-18-47)3-1-5-31(49)41-15-14-40-28-19-26(33(51)52)43-22-44-28/h6-9,19-20,22-23,27H,1-5,10-18H2,(H,41,49)(H,42,50)(H,51,52)(H,40,43,44)/t27-/m0/s1. The van der Waals surface area contributed by atoms with E-state index in [0.29, 0.717) is 88.7 Å². The van der Waals surface area contributed by atoms with Gasteiger partial charge in [0.05, 0.1) is 11.6 Å². The van der Waals surface area contributed by atoms with Crippen molar-refractivity contribution in [3.63, 3.8) is 0 Å². The number of halogens is 3. The first kappa shape index (κ1) is 37.7. The summed E-state index contributed by atoms with van der Waals surface area (Å²) < 4.78 is 42.0. The molecule has 1 atom stereocenters. The summed E-state index contributed by atoms with van der Waals surface area (Å²) >= 11 is 0. The highest BCUT2D eigenvalue weighted by atomic mass is 19.4. The van der Waals surface area contributed by atoms with Crippen LogP contribution < -0.4 is 25.8 Å². The molecule has 0 radical (unpaired) electrons. The van der Waals surface area contributed by atoms with E-state index in [1.165, 1.54) is 6.07 Å². The molecule has 52 heavy (non-hydrogen) atoms. The number of amides is 2. The van der Waals surface area contributed by atoms with E-state index in [4.69, 9.17) is 10.4 Å². The number of hydrogen-bond donors (Lipinski definition) is 4. The topological polar surface area (TPSA) is 189 Å². The molecular weight excluding hydrogens is 681 g/mol. The van der Waals surface area contributed by atoms with Crippen molar-refractivity contribution in [2.24, 2.45) is 5.92 Å².